The van der Waals surface area contributed by atoms with Crippen LogP contribution in [0, 0.1) is 0 Å². The van der Waals surface area contributed by atoms with E-state index in [0.717, 1.165) is 22.5 Å². The number of para-hydroxylation sites is 1. The van der Waals surface area contributed by atoms with Crippen molar-refractivity contribution in [2.45, 2.75) is 31.7 Å². The first kappa shape index (κ1) is 16.7. The second kappa shape index (κ2) is 6.05. The third-order valence-electron chi connectivity index (χ3n) is 5.56. The Labute approximate surface area is 162 Å². The average molecular weight is 371 g/mol. The first-order chi connectivity index (χ1) is 13.5. The van der Waals surface area contributed by atoms with E-state index in [-0.39, 0.29) is 11.7 Å². The minimum absolute atomic E-state index is 0.260. The van der Waals surface area contributed by atoms with Crippen molar-refractivity contribution in [3.8, 4) is 5.69 Å². The number of hydrogen-bond donors (Lipinski definition) is 2. The first-order valence-corrected chi connectivity index (χ1v) is 9.49. The molecule has 1 aromatic heterocycles. The summed E-state index contributed by atoms with van der Waals surface area (Å²) < 4.78 is 1.94. The highest BCUT2D eigenvalue weighted by Gasteiger charge is 2.30. The molecule has 6 heteroatoms. The molecule has 28 heavy (non-hydrogen) atoms. The molecule has 0 spiro atoms. The van der Waals surface area contributed by atoms with E-state index >= 15 is 0 Å². The summed E-state index contributed by atoms with van der Waals surface area (Å²) in [5.74, 6) is 0.0680. The van der Waals surface area contributed by atoms with E-state index in [1.165, 1.54) is 18.4 Å². The van der Waals surface area contributed by atoms with Gasteiger partial charge in [-0.2, -0.15) is 0 Å². The summed E-state index contributed by atoms with van der Waals surface area (Å²) in [5.41, 5.74) is 18.5. The smallest absolute Gasteiger partial charge is 0.269 e. The molecule has 1 aliphatic carbocycles. The Hall–Kier alpha value is -3.41. The Balaban J connectivity index is 1.81. The topological polar surface area (TPSA) is 99.3 Å². The van der Waals surface area contributed by atoms with Gasteiger partial charge in [0.2, 0.25) is 0 Å². The Morgan fingerprint density at radius 1 is 1.14 bits per heavy atom. The number of nitrogens with two attached hydrogens (primary N) is 2. The maximum Gasteiger partial charge on any atom is 0.269 e. The molecule has 2 aromatic carbocycles. The van der Waals surface area contributed by atoms with Crippen LogP contribution in [0.15, 0.2) is 53.8 Å². The van der Waals surface area contributed by atoms with E-state index in [4.69, 9.17) is 16.5 Å². The Bertz CT molecular complexity index is 1140. The number of rotatable bonds is 3. The van der Waals surface area contributed by atoms with Crippen molar-refractivity contribution in [2.24, 2.45) is 10.7 Å². The number of imidazole rings is 1. The fraction of sp³-hybridized carbons (Fsp3) is 0.227. The lowest BCUT2D eigenvalue weighted by Crippen LogP contribution is -2.15. The molecule has 1 aliphatic heterocycles. The van der Waals surface area contributed by atoms with E-state index < -0.39 is 5.91 Å². The van der Waals surface area contributed by atoms with Gasteiger partial charge in [-0.25, -0.2) is 4.98 Å². The summed E-state index contributed by atoms with van der Waals surface area (Å²) in [7, 11) is 0. The number of hydrogen-bond acceptors (Lipinski definition) is 4. The SMILES string of the molecule is C[C@@H]1N=C(c2ccccc2N)c2cc(C3CC3)ccc2-n2cnc(C(N)=O)c21. The number of nitrogens with zero attached hydrogens (tertiary/aromatic N) is 3. The number of nitrogen functional groups attached to an aromatic ring is 1. The number of aromatic nitrogens is 2. The molecule has 0 radical (unpaired) electrons. The molecule has 0 saturated heterocycles. The monoisotopic (exact) mass is 371 g/mol. The van der Waals surface area contributed by atoms with Gasteiger partial charge >= 0.3 is 0 Å². The summed E-state index contributed by atoms with van der Waals surface area (Å²) in [5, 5.41) is 0. The molecule has 1 fully saturated rings. The van der Waals surface area contributed by atoms with Crippen molar-refractivity contribution < 1.29 is 4.79 Å². The molecule has 5 rings (SSSR count). The standard InChI is InChI=1S/C22H21N5O/c1-12-21-20(22(24)28)25-11-27(21)18-9-8-14(13-6-7-13)10-16(18)19(26-12)15-4-2-3-5-17(15)23/h2-5,8-13H,6-7,23H2,1H3,(H2,24,28)/t12-/m0/s1. The van der Waals surface area contributed by atoms with Crippen LogP contribution in [0.4, 0.5) is 5.69 Å². The summed E-state index contributed by atoms with van der Waals surface area (Å²) in [6.07, 6.45) is 4.10. The third-order valence-corrected chi connectivity index (χ3v) is 5.56. The second-order valence-corrected chi connectivity index (χ2v) is 7.50. The van der Waals surface area contributed by atoms with E-state index in [1.54, 1.807) is 6.33 Å². The number of carbonyl (C=O) groups excluding carboxylic acids is 1. The molecule has 1 amide bonds. The summed E-state index contributed by atoms with van der Waals surface area (Å²) >= 11 is 0. The lowest BCUT2D eigenvalue weighted by molar-refractivity contribution is 0.0994. The highest BCUT2D eigenvalue weighted by atomic mass is 16.1. The number of anilines is 1. The molecule has 1 atom stereocenters. The highest BCUT2D eigenvalue weighted by molar-refractivity contribution is 6.18. The molecule has 0 bridgehead atoms. The predicted octanol–water partition coefficient (Wildman–Crippen LogP) is 3.34. The van der Waals surface area contributed by atoms with Crippen molar-refractivity contribution in [3.63, 3.8) is 0 Å². The van der Waals surface area contributed by atoms with E-state index in [9.17, 15) is 4.79 Å². The summed E-state index contributed by atoms with van der Waals surface area (Å²) in [6.45, 7) is 1.95. The number of fused-ring (bicyclic) bond motifs is 3. The maximum atomic E-state index is 11.9. The van der Waals surface area contributed by atoms with Gasteiger partial charge in [-0.05, 0) is 49.4 Å². The van der Waals surface area contributed by atoms with Gasteiger partial charge < -0.3 is 11.5 Å². The van der Waals surface area contributed by atoms with E-state index in [1.807, 2.05) is 35.8 Å². The Kier molecular flexibility index (Phi) is 3.62. The molecule has 140 valence electrons. The van der Waals surface area contributed by atoms with Crippen molar-refractivity contribution in [1.82, 2.24) is 9.55 Å². The Morgan fingerprint density at radius 2 is 1.93 bits per heavy atom. The number of carbonyl (C=O) groups is 1. The van der Waals surface area contributed by atoms with E-state index in [2.05, 4.69) is 23.2 Å². The molecule has 2 aliphatic rings. The summed E-state index contributed by atoms with van der Waals surface area (Å²) in [4.78, 5) is 21.2. The zero-order valence-corrected chi connectivity index (χ0v) is 15.6. The minimum Gasteiger partial charge on any atom is -0.398 e. The van der Waals surface area contributed by atoms with Gasteiger partial charge in [0.25, 0.3) is 5.91 Å². The summed E-state index contributed by atoms with van der Waals surface area (Å²) in [6, 6.07) is 13.9. The van der Waals surface area contributed by atoms with Crippen LogP contribution in [-0.4, -0.2) is 21.2 Å². The number of primary amides is 1. The van der Waals surface area contributed by atoms with Crippen LogP contribution in [0.1, 0.15) is 64.6 Å². The van der Waals surface area contributed by atoms with Crippen LogP contribution in [0.5, 0.6) is 0 Å². The first-order valence-electron chi connectivity index (χ1n) is 9.49. The minimum atomic E-state index is -0.547. The van der Waals surface area contributed by atoms with Crippen LogP contribution in [0.25, 0.3) is 5.69 Å². The molecular weight excluding hydrogens is 350 g/mol. The highest BCUT2D eigenvalue weighted by Crippen LogP contribution is 2.42. The largest absolute Gasteiger partial charge is 0.398 e. The molecule has 2 heterocycles. The molecule has 1 saturated carbocycles. The van der Waals surface area contributed by atoms with Crippen LogP contribution in [-0.2, 0) is 0 Å². The number of benzene rings is 2. The fourth-order valence-electron chi connectivity index (χ4n) is 4.01. The molecule has 3 aromatic rings. The van der Waals surface area contributed by atoms with Crippen molar-refractivity contribution in [3.05, 3.63) is 76.9 Å². The average Bonchev–Trinajstić information content (AvgIpc) is 3.45. The number of aliphatic imine (C=N–C) groups is 1. The van der Waals surface area contributed by atoms with Crippen molar-refractivity contribution in [1.29, 1.82) is 0 Å². The Morgan fingerprint density at radius 3 is 2.64 bits per heavy atom. The zero-order valence-electron chi connectivity index (χ0n) is 15.6. The van der Waals surface area contributed by atoms with E-state index in [0.29, 0.717) is 17.3 Å². The van der Waals surface area contributed by atoms with Crippen molar-refractivity contribution in [2.75, 3.05) is 5.73 Å². The van der Waals surface area contributed by atoms with Gasteiger partial charge in [0, 0.05) is 16.8 Å². The van der Waals surface area contributed by atoms with Crippen LogP contribution in [0.3, 0.4) is 0 Å². The quantitative estimate of drug-likeness (QED) is 0.691. The van der Waals surface area contributed by atoms with Crippen molar-refractivity contribution >= 4 is 17.3 Å². The predicted molar refractivity (Wildman–Crippen MR) is 109 cm³/mol. The third kappa shape index (κ3) is 2.52. The van der Waals surface area contributed by atoms with Gasteiger partial charge in [0.15, 0.2) is 5.69 Å². The molecule has 4 N–H and O–H groups in total. The molecule has 6 nitrogen and oxygen atoms in total. The zero-order chi connectivity index (χ0) is 19.4. The second-order valence-electron chi connectivity index (χ2n) is 7.50. The van der Waals surface area contributed by atoms with Gasteiger partial charge in [-0.1, -0.05) is 24.3 Å². The number of amides is 1. The van der Waals surface area contributed by atoms with Gasteiger partial charge in [0.1, 0.15) is 6.33 Å². The lowest BCUT2D eigenvalue weighted by Gasteiger charge is -2.14. The molecular formula is C22H21N5O. The normalized spacial score (nSPS) is 18.0. The lowest BCUT2D eigenvalue weighted by atomic mass is 9.96. The van der Waals surface area contributed by atoms with Crippen LogP contribution < -0.4 is 11.5 Å². The maximum absolute atomic E-state index is 11.9. The van der Waals surface area contributed by atoms with Gasteiger partial charge in [-0.3, -0.25) is 14.4 Å². The van der Waals surface area contributed by atoms with Crippen LogP contribution >= 0.6 is 0 Å². The van der Waals surface area contributed by atoms with Crippen LogP contribution in [0.2, 0.25) is 0 Å². The fourth-order valence-corrected chi connectivity index (χ4v) is 4.01. The van der Waals surface area contributed by atoms with Gasteiger partial charge in [0.05, 0.1) is 23.1 Å². The molecule has 0 unspecified atom stereocenters. The van der Waals surface area contributed by atoms with Gasteiger partial charge in [-0.15, -0.1) is 0 Å².